The van der Waals surface area contributed by atoms with Crippen LogP contribution in [0.1, 0.15) is 27.0 Å². The van der Waals surface area contributed by atoms with Crippen LogP contribution in [0.15, 0.2) is 66.7 Å². The predicted molar refractivity (Wildman–Crippen MR) is 119 cm³/mol. The molecule has 0 fully saturated rings. The number of aryl methyl sites for hydroxylation is 3. The van der Waals surface area contributed by atoms with E-state index in [9.17, 15) is 4.79 Å². The number of rotatable bonds is 4. The van der Waals surface area contributed by atoms with Gasteiger partial charge in [0.1, 0.15) is 0 Å². The van der Waals surface area contributed by atoms with Crippen molar-refractivity contribution >= 4 is 16.9 Å². The molecule has 0 aliphatic carbocycles. The van der Waals surface area contributed by atoms with E-state index in [1.54, 1.807) is 19.2 Å². The highest BCUT2D eigenvalue weighted by Gasteiger charge is 2.19. The van der Waals surface area contributed by atoms with E-state index in [0.717, 1.165) is 33.3 Å². The lowest BCUT2D eigenvalue weighted by Gasteiger charge is -2.13. The molecule has 1 aromatic heterocycles. The van der Waals surface area contributed by atoms with Gasteiger partial charge in [0, 0.05) is 10.9 Å². The number of aromatic nitrogens is 1. The van der Waals surface area contributed by atoms with Crippen LogP contribution in [0, 0.1) is 20.8 Å². The molecule has 3 aromatic carbocycles. The van der Waals surface area contributed by atoms with Gasteiger partial charge in [0.15, 0.2) is 11.5 Å². The minimum atomic E-state index is -0.440. The van der Waals surface area contributed by atoms with Crippen molar-refractivity contribution in [2.45, 2.75) is 20.8 Å². The minimum Gasteiger partial charge on any atom is -0.493 e. The van der Waals surface area contributed by atoms with E-state index < -0.39 is 5.97 Å². The van der Waals surface area contributed by atoms with Gasteiger partial charge >= 0.3 is 5.97 Å². The van der Waals surface area contributed by atoms with Gasteiger partial charge in [-0.3, -0.25) is 0 Å². The summed E-state index contributed by atoms with van der Waals surface area (Å²) in [5, 5.41) is 0.781. The Hall–Kier alpha value is -3.66. The summed E-state index contributed by atoms with van der Waals surface area (Å²) in [6.07, 6.45) is 0. The van der Waals surface area contributed by atoms with Gasteiger partial charge in [-0.15, -0.1) is 0 Å². The molecule has 4 nitrogen and oxygen atoms in total. The second-order valence-corrected chi connectivity index (χ2v) is 7.44. The quantitative estimate of drug-likeness (QED) is 0.310. The zero-order valence-electron chi connectivity index (χ0n) is 17.5. The Morgan fingerprint density at radius 3 is 2.23 bits per heavy atom. The number of para-hydroxylation sites is 2. The second kappa shape index (κ2) is 7.99. The third-order valence-corrected chi connectivity index (χ3v) is 5.09. The van der Waals surface area contributed by atoms with Crippen molar-refractivity contribution in [2.24, 2.45) is 0 Å². The van der Waals surface area contributed by atoms with Crippen LogP contribution >= 0.6 is 0 Å². The van der Waals surface area contributed by atoms with Crippen molar-refractivity contribution in [2.75, 3.05) is 7.11 Å². The SMILES string of the molecule is COc1ccccc1OC(=O)c1cc(-c2ccc(C)cc2)nc2c(C)cc(C)cc12. The van der Waals surface area contributed by atoms with E-state index >= 15 is 0 Å². The highest BCUT2D eigenvalue weighted by atomic mass is 16.6. The minimum absolute atomic E-state index is 0.385. The number of methoxy groups -OCH3 is 1. The van der Waals surface area contributed by atoms with E-state index in [4.69, 9.17) is 14.5 Å². The van der Waals surface area contributed by atoms with Crippen LogP contribution in [-0.4, -0.2) is 18.1 Å². The molecular weight excluding hydrogens is 374 g/mol. The van der Waals surface area contributed by atoms with Gasteiger partial charge in [-0.2, -0.15) is 0 Å². The summed E-state index contributed by atoms with van der Waals surface area (Å²) in [6, 6.07) is 21.1. The lowest BCUT2D eigenvalue weighted by Crippen LogP contribution is -2.11. The lowest BCUT2D eigenvalue weighted by molar-refractivity contribution is 0.0732. The van der Waals surface area contributed by atoms with Crippen molar-refractivity contribution < 1.29 is 14.3 Å². The first-order valence-corrected chi connectivity index (χ1v) is 9.80. The number of fused-ring (bicyclic) bond motifs is 1. The third kappa shape index (κ3) is 3.77. The Morgan fingerprint density at radius 1 is 0.833 bits per heavy atom. The monoisotopic (exact) mass is 397 g/mol. The van der Waals surface area contributed by atoms with Gasteiger partial charge in [0.25, 0.3) is 0 Å². The Balaban J connectivity index is 1.88. The Morgan fingerprint density at radius 2 is 1.53 bits per heavy atom. The molecule has 0 atom stereocenters. The maximum Gasteiger partial charge on any atom is 0.344 e. The van der Waals surface area contributed by atoms with Crippen LogP contribution in [0.5, 0.6) is 11.5 Å². The van der Waals surface area contributed by atoms with Crippen LogP contribution in [0.2, 0.25) is 0 Å². The zero-order chi connectivity index (χ0) is 21.3. The standard InChI is InChI=1S/C26H23NO3/c1-16-9-11-19(12-10-16)22-15-21(20-14-17(2)13-18(3)25(20)27-22)26(28)30-24-8-6-5-7-23(24)29-4/h5-15H,1-4H3. The largest absolute Gasteiger partial charge is 0.493 e. The molecule has 0 aliphatic rings. The summed E-state index contributed by atoms with van der Waals surface area (Å²) in [4.78, 5) is 18.1. The molecule has 0 aliphatic heterocycles. The van der Waals surface area contributed by atoms with Crippen LogP contribution in [0.25, 0.3) is 22.2 Å². The first-order chi connectivity index (χ1) is 14.5. The van der Waals surface area contributed by atoms with E-state index in [1.807, 2.05) is 69.3 Å². The van der Waals surface area contributed by atoms with E-state index in [2.05, 4.69) is 6.07 Å². The van der Waals surface area contributed by atoms with Gasteiger partial charge in [-0.05, 0) is 50.6 Å². The molecule has 4 heteroatoms. The molecule has 1 heterocycles. The second-order valence-electron chi connectivity index (χ2n) is 7.44. The molecule has 0 N–H and O–H groups in total. The van der Waals surface area contributed by atoms with E-state index in [1.165, 1.54) is 5.56 Å². The summed E-state index contributed by atoms with van der Waals surface area (Å²) in [5.74, 6) is 0.455. The molecule has 0 saturated carbocycles. The molecule has 4 aromatic rings. The summed E-state index contributed by atoms with van der Waals surface area (Å²) in [7, 11) is 1.55. The van der Waals surface area contributed by atoms with Crippen LogP contribution < -0.4 is 9.47 Å². The van der Waals surface area contributed by atoms with Crippen molar-refractivity contribution in [1.82, 2.24) is 4.98 Å². The van der Waals surface area contributed by atoms with Crippen molar-refractivity contribution in [1.29, 1.82) is 0 Å². The Bertz CT molecular complexity index is 1240. The predicted octanol–water partition coefficient (Wildman–Crippen LogP) is 6.05. The molecule has 30 heavy (non-hydrogen) atoms. The molecule has 0 amide bonds. The van der Waals surface area contributed by atoms with Crippen LogP contribution in [0.3, 0.4) is 0 Å². The van der Waals surface area contributed by atoms with Crippen LogP contribution in [0.4, 0.5) is 0 Å². The average molecular weight is 397 g/mol. The number of ether oxygens (including phenoxy) is 2. The van der Waals surface area contributed by atoms with Gasteiger partial charge in [0.2, 0.25) is 0 Å². The Labute approximate surface area is 176 Å². The van der Waals surface area contributed by atoms with Gasteiger partial charge in [-0.25, -0.2) is 9.78 Å². The van der Waals surface area contributed by atoms with E-state index in [-0.39, 0.29) is 0 Å². The zero-order valence-corrected chi connectivity index (χ0v) is 17.5. The van der Waals surface area contributed by atoms with Gasteiger partial charge in [-0.1, -0.05) is 53.6 Å². The lowest BCUT2D eigenvalue weighted by atomic mass is 9.99. The van der Waals surface area contributed by atoms with Crippen molar-refractivity contribution in [3.63, 3.8) is 0 Å². The molecule has 0 radical (unpaired) electrons. The average Bonchev–Trinajstić information content (AvgIpc) is 2.74. The number of benzene rings is 3. The first-order valence-electron chi connectivity index (χ1n) is 9.80. The highest BCUT2D eigenvalue weighted by Crippen LogP contribution is 2.31. The molecular formula is C26H23NO3. The molecule has 0 saturated heterocycles. The third-order valence-electron chi connectivity index (χ3n) is 5.09. The fraction of sp³-hybridized carbons (Fsp3) is 0.154. The molecule has 150 valence electrons. The fourth-order valence-electron chi connectivity index (χ4n) is 3.58. The number of esters is 1. The highest BCUT2D eigenvalue weighted by molar-refractivity contribution is 6.06. The maximum absolute atomic E-state index is 13.3. The van der Waals surface area contributed by atoms with Crippen molar-refractivity contribution in [3.8, 4) is 22.8 Å². The summed E-state index contributed by atoms with van der Waals surface area (Å²) >= 11 is 0. The summed E-state index contributed by atoms with van der Waals surface area (Å²) < 4.78 is 11.1. The van der Waals surface area contributed by atoms with Gasteiger partial charge in [0.05, 0.1) is 23.9 Å². The number of hydrogen-bond donors (Lipinski definition) is 0. The molecule has 4 rings (SSSR count). The molecule has 0 spiro atoms. The molecule has 0 bridgehead atoms. The Kier molecular flexibility index (Phi) is 5.23. The van der Waals surface area contributed by atoms with Gasteiger partial charge < -0.3 is 9.47 Å². The van der Waals surface area contributed by atoms with Crippen molar-refractivity contribution in [3.05, 3.63) is 89.0 Å². The normalized spacial score (nSPS) is 10.8. The number of pyridine rings is 1. The number of hydrogen-bond acceptors (Lipinski definition) is 4. The molecule has 0 unspecified atom stereocenters. The first kappa shape index (κ1) is 19.6. The fourth-order valence-corrected chi connectivity index (χ4v) is 3.58. The van der Waals surface area contributed by atoms with Crippen LogP contribution in [-0.2, 0) is 0 Å². The smallest absolute Gasteiger partial charge is 0.344 e. The summed E-state index contributed by atoms with van der Waals surface area (Å²) in [5.41, 5.74) is 6.22. The topological polar surface area (TPSA) is 48.4 Å². The maximum atomic E-state index is 13.3. The van der Waals surface area contributed by atoms with E-state index in [0.29, 0.717) is 17.1 Å². The number of carbonyl (C=O) groups is 1. The summed E-state index contributed by atoms with van der Waals surface area (Å²) in [6.45, 7) is 6.06. The number of carbonyl (C=O) groups excluding carboxylic acids is 1. The number of nitrogens with zero attached hydrogens (tertiary/aromatic N) is 1.